The fourth-order valence-corrected chi connectivity index (χ4v) is 2.89. The number of hydrogen-bond donors (Lipinski definition) is 2. The average molecular weight is 280 g/mol. The zero-order valence-corrected chi connectivity index (χ0v) is 12.0. The van der Waals surface area contributed by atoms with Crippen molar-refractivity contribution >= 4 is 5.91 Å². The quantitative estimate of drug-likeness (QED) is 0.904. The van der Waals surface area contributed by atoms with E-state index in [9.17, 15) is 4.79 Å². The third-order valence-corrected chi connectivity index (χ3v) is 3.98. The van der Waals surface area contributed by atoms with E-state index in [2.05, 4.69) is 22.8 Å². The molecule has 0 aliphatic carbocycles. The third-order valence-electron chi connectivity index (χ3n) is 3.98. The van der Waals surface area contributed by atoms with Crippen LogP contribution in [0.1, 0.15) is 34.8 Å². The van der Waals surface area contributed by atoms with Gasteiger partial charge >= 0.3 is 0 Å². The second kappa shape index (κ2) is 6.55. The molecule has 21 heavy (non-hydrogen) atoms. The van der Waals surface area contributed by atoms with E-state index in [0.717, 1.165) is 24.9 Å². The summed E-state index contributed by atoms with van der Waals surface area (Å²) in [5.74, 6) is -0.0156. The average Bonchev–Trinajstić information content (AvgIpc) is 3.08. The molecule has 0 radical (unpaired) electrons. The summed E-state index contributed by atoms with van der Waals surface area (Å²) in [4.78, 5) is 12.4. The van der Waals surface area contributed by atoms with Gasteiger partial charge in [0.15, 0.2) is 0 Å². The number of carbonyl (C=O) groups excluding carboxylic acids is 1. The first kappa shape index (κ1) is 13.8. The molecule has 1 amide bonds. The van der Waals surface area contributed by atoms with Gasteiger partial charge in [-0.15, -0.1) is 0 Å². The van der Waals surface area contributed by atoms with Crippen molar-refractivity contribution < 1.29 is 4.79 Å². The summed E-state index contributed by atoms with van der Waals surface area (Å²) in [6.45, 7) is 1.02. The Bertz CT molecular complexity index is 577. The lowest BCUT2D eigenvalue weighted by molar-refractivity contribution is 0.0928. The van der Waals surface area contributed by atoms with Crippen molar-refractivity contribution in [3.8, 4) is 0 Å². The smallest absolute Gasteiger partial charge is 0.251 e. The minimum absolute atomic E-state index is 0.0152. The molecular formula is C18H20N2O. The van der Waals surface area contributed by atoms with Crippen LogP contribution in [0.2, 0.25) is 0 Å². The molecule has 1 fully saturated rings. The Morgan fingerprint density at radius 2 is 1.71 bits per heavy atom. The molecule has 0 bridgehead atoms. The zero-order valence-electron chi connectivity index (χ0n) is 12.0. The second-order valence-corrected chi connectivity index (χ2v) is 5.43. The molecule has 2 N–H and O–H groups in total. The van der Waals surface area contributed by atoms with Crippen LogP contribution in [-0.4, -0.2) is 18.5 Å². The van der Waals surface area contributed by atoms with Gasteiger partial charge in [-0.25, -0.2) is 0 Å². The van der Waals surface area contributed by atoms with Gasteiger partial charge in [-0.2, -0.15) is 0 Å². The Morgan fingerprint density at radius 1 is 1.05 bits per heavy atom. The topological polar surface area (TPSA) is 41.1 Å². The lowest BCUT2D eigenvalue weighted by Crippen LogP contribution is -2.40. The van der Waals surface area contributed by atoms with Crippen LogP contribution in [0.5, 0.6) is 0 Å². The molecule has 3 heteroatoms. The predicted molar refractivity (Wildman–Crippen MR) is 84.1 cm³/mol. The largest absolute Gasteiger partial charge is 0.344 e. The predicted octanol–water partition coefficient (Wildman–Crippen LogP) is 2.91. The SMILES string of the molecule is O=C(NC(c1ccccc1)C1CCCN1)c1ccccc1. The Balaban J connectivity index is 1.81. The maximum atomic E-state index is 12.4. The van der Waals surface area contributed by atoms with Gasteiger partial charge in [0.25, 0.3) is 5.91 Å². The first-order valence-electron chi connectivity index (χ1n) is 7.49. The Labute approximate surface area is 125 Å². The Kier molecular flexibility index (Phi) is 4.31. The zero-order chi connectivity index (χ0) is 14.5. The fraction of sp³-hybridized carbons (Fsp3) is 0.278. The van der Waals surface area contributed by atoms with Crippen molar-refractivity contribution in [1.29, 1.82) is 0 Å². The standard InChI is InChI=1S/C18H20N2O/c21-18(15-10-5-2-6-11-15)20-17(16-12-7-13-19-16)14-8-3-1-4-9-14/h1-6,8-11,16-17,19H,7,12-13H2,(H,20,21). The number of carbonyl (C=O) groups is 1. The molecule has 3 rings (SSSR count). The first-order chi connectivity index (χ1) is 10.3. The number of hydrogen-bond acceptors (Lipinski definition) is 2. The van der Waals surface area contributed by atoms with Gasteiger partial charge in [0.2, 0.25) is 0 Å². The summed E-state index contributed by atoms with van der Waals surface area (Å²) in [6.07, 6.45) is 2.25. The van der Waals surface area contributed by atoms with Crippen LogP contribution in [0.15, 0.2) is 60.7 Å². The summed E-state index contributed by atoms with van der Waals surface area (Å²) in [6, 6.07) is 19.9. The van der Waals surface area contributed by atoms with Crippen LogP contribution >= 0.6 is 0 Å². The van der Waals surface area contributed by atoms with E-state index in [1.807, 2.05) is 48.5 Å². The van der Waals surface area contributed by atoms with E-state index >= 15 is 0 Å². The highest BCUT2D eigenvalue weighted by Gasteiger charge is 2.27. The minimum atomic E-state index is -0.0156. The van der Waals surface area contributed by atoms with E-state index in [4.69, 9.17) is 0 Å². The van der Waals surface area contributed by atoms with Crippen molar-refractivity contribution in [3.05, 3.63) is 71.8 Å². The van der Waals surface area contributed by atoms with Gasteiger partial charge in [0.1, 0.15) is 0 Å². The van der Waals surface area contributed by atoms with E-state index in [0.29, 0.717) is 11.6 Å². The maximum Gasteiger partial charge on any atom is 0.251 e. The van der Waals surface area contributed by atoms with Gasteiger partial charge in [0, 0.05) is 11.6 Å². The first-order valence-corrected chi connectivity index (χ1v) is 7.49. The Morgan fingerprint density at radius 3 is 2.33 bits per heavy atom. The number of benzene rings is 2. The highest BCUT2D eigenvalue weighted by atomic mass is 16.1. The second-order valence-electron chi connectivity index (χ2n) is 5.43. The van der Waals surface area contributed by atoms with E-state index in [1.54, 1.807) is 0 Å². The van der Waals surface area contributed by atoms with Crippen LogP contribution in [0.3, 0.4) is 0 Å². The molecule has 2 aromatic carbocycles. The van der Waals surface area contributed by atoms with Crippen molar-refractivity contribution in [2.75, 3.05) is 6.54 Å². The van der Waals surface area contributed by atoms with E-state index < -0.39 is 0 Å². The van der Waals surface area contributed by atoms with Crippen LogP contribution < -0.4 is 10.6 Å². The van der Waals surface area contributed by atoms with Gasteiger partial charge in [-0.1, -0.05) is 48.5 Å². The molecule has 1 aliphatic rings. The van der Waals surface area contributed by atoms with Gasteiger partial charge in [-0.05, 0) is 37.1 Å². The minimum Gasteiger partial charge on any atom is -0.344 e. The van der Waals surface area contributed by atoms with Gasteiger partial charge < -0.3 is 10.6 Å². The molecule has 0 aromatic heterocycles. The number of amides is 1. The molecule has 1 saturated heterocycles. The van der Waals surface area contributed by atoms with Gasteiger partial charge in [-0.3, -0.25) is 4.79 Å². The van der Waals surface area contributed by atoms with Crippen LogP contribution in [0.4, 0.5) is 0 Å². The number of nitrogens with one attached hydrogen (secondary N) is 2. The fourth-order valence-electron chi connectivity index (χ4n) is 2.89. The Hall–Kier alpha value is -2.13. The molecular weight excluding hydrogens is 260 g/mol. The molecule has 1 aliphatic heterocycles. The highest BCUT2D eigenvalue weighted by molar-refractivity contribution is 5.94. The molecule has 1 heterocycles. The van der Waals surface area contributed by atoms with Crippen LogP contribution in [0, 0.1) is 0 Å². The van der Waals surface area contributed by atoms with Crippen molar-refractivity contribution in [1.82, 2.24) is 10.6 Å². The van der Waals surface area contributed by atoms with Gasteiger partial charge in [0.05, 0.1) is 6.04 Å². The summed E-state index contributed by atoms with van der Waals surface area (Å²) >= 11 is 0. The normalized spacial score (nSPS) is 19.1. The van der Waals surface area contributed by atoms with Crippen molar-refractivity contribution in [2.24, 2.45) is 0 Å². The van der Waals surface area contributed by atoms with Crippen LogP contribution in [0.25, 0.3) is 0 Å². The summed E-state index contributed by atoms with van der Waals surface area (Å²) in [5, 5.41) is 6.69. The lowest BCUT2D eigenvalue weighted by atomic mass is 9.97. The highest BCUT2D eigenvalue weighted by Crippen LogP contribution is 2.23. The lowest BCUT2D eigenvalue weighted by Gasteiger charge is -2.25. The van der Waals surface area contributed by atoms with Crippen molar-refractivity contribution in [2.45, 2.75) is 24.9 Å². The summed E-state index contributed by atoms with van der Waals surface area (Å²) < 4.78 is 0. The van der Waals surface area contributed by atoms with Crippen LogP contribution in [-0.2, 0) is 0 Å². The maximum absolute atomic E-state index is 12.4. The molecule has 0 spiro atoms. The van der Waals surface area contributed by atoms with Crippen molar-refractivity contribution in [3.63, 3.8) is 0 Å². The summed E-state index contributed by atoms with van der Waals surface area (Å²) in [5.41, 5.74) is 1.86. The monoisotopic (exact) mass is 280 g/mol. The molecule has 0 saturated carbocycles. The number of rotatable bonds is 4. The molecule has 2 atom stereocenters. The summed E-state index contributed by atoms with van der Waals surface area (Å²) in [7, 11) is 0. The third kappa shape index (κ3) is 3.31. The van der Waals surface area contributed by atoms with E-state index in [1.165, 1.54) is 0 Å². The van der Waals surface area contributed by atoms with E-state index in [-0.39, 0.29) is 11.9 Å². The molecule has 3 nitrogen and oxygen atoms in total. The molecule has 2 unspecified atom stereocenters. The molecule has 2 aromatic rings. The molecule has 108 valence electrons.